The molecule has 1 rings (SSSR count). The van der Waals surface area contributed by atoms with Crippen molar-refractivity contribution in [3.8, 4) is 5.75 Å². The van der Waals surface area contributed by atoms with E-state index >= 15 is 0 Å². The van der Waals surface area contributed by atoms with Gasteiger partial charge in [-0.2, -0.15) is 0 Å². The number of hydrogen-bond donors (Lipinski definition) is 1. The summed E-state index contributed by atoms with van der Waals surface area (Å²) < 4.78 is 5.34. The molecule has 3 nitrogen and oxygen atoms in total. The zero-order chi connectivity index (χ0) is 10.7. The molecule has 0 unspecified atom stereocenters. The van der Waals surface area contributed by atoms with E-state index in [1.54, 1.807) is 12.1 Å². The Labute approximate surface area is 83.9 Å². The molecule has 0 fully saturated rings. The highest BCUT2D eigenvalue weighted by Gasteiger charge is 2.12. The molecule has 0 saturated carbocycles. The van der Waals surface area contributed by atoms with Crippen LogP contribution in [-0.2, 0) is 0 Å². The van der Waals surface area contributed by atoms with Gasteiger partial charge in [0.25, 0.3) is 0 Å². The molecular formula is C11H15NO2. The summed E-state index contributed by atoms with van der Waals surface area (Å²) in [6.45, 7) is 5.78. The number of hydrogen-bond acceptors (Lipinski definition) is 3. The number of nitrogen functional groups attached to an aromatic ring is 1. The molecule has 0 aliphatic heterocycles. The Balaban J connectivity index is 3.28. The first-order chi connectivity index (χ1) is 6.56. The highest BCUT2D eigenvalue weighted by atomic mass is 16.5. The van der Waals surface area contributed by atoms with Gasteiger partial charge < -0.3 is 10.5 Å². The van der Waals surface area contributed by atoms with Gasteiger partial charge in [-0.1, -0.05) is 0 Å². The maximum absolute atomic E-state index is 11.3. The number of nitrogens with two attached hydrogens (primary N) is 1. The van der Waals surface area contributed by atoms with E-state index in [-0.39, 0.29) is 5.78 Å². The Hall–Kier alpha value is -1.51. The molecule has 0 spiro atoms. The largest absolute Gasteiger partial charge is 0.491 e. The van der Waals surface area contributed by atoms with Crippen LogP contribution in [0.2, 0.25) is 0 Å². The van der Waals surface area contributed by atoms with Crippen molar-refractivity contribution in [2.24, 2.45) is 0 Å². The second-order valence-corrected chi connectivity index (χ2v) is 3.22. The summed E-state index contributed by atoms with van der Waals surface area (Å²) in [6, 6.07) is 3.60. The standard InChI is InChI=1S/C11H15NO2/c1-4-14-11-9(8(3)13)5-7(2)6-10(11)12/h5-6H,4,12H2,1-3H3. The minimum absolute atomic E-state index is 0.0242. The van der Waals surface area contributed by atoms with Crippen molar-refractivity contribution in [1.82, 2.24) is 0 Å². The molecule has 0 saturated heterocycles. The van der Waals surface area contributed by atoms with Crippen molar-refractivity contribution in [2.75, 3.05) is 12.3 Å². The predicted molar refractivity (Wildman–Crippen MR) is 56.8 cm³/mol. The Kier molecular flexibility index (Phi) is 3.12. The molecule has 0 amide bonds. The SMILES string of the molecule is CCOc1c(N)cc(C)cc1C(C)=O. The van der Waals surface area contributed by atoms with Gasteiger partial charge in [0.15, 0.2) is 11.5 Å². The second-order valence-electron chi connectivity index (χ2n) is 3.22. The predicted octanol–water partition coefficient (Wildman–Crippen LogP) is 2.18. The molecule has 1 aromatic carbocycles. The number of ketones is 1. The molecular weight excluding hydrogens is 178 g/mol. The van der Waals surface area contributed by atoms with E-state index in [1.807, 2.05) is 13.8 Å². The molecule has 0 aliphatic rings. The van der Waals surface area contributed by atoms with Gasteiger partial charge in [-0.15, -0.1) is 0 Å². The van der Waals surface area contributed by atoms with Crippen LogP contribution in [0.5, 0.6) is 5.75 Å². The smallest absolute Gasteiger partial charge is 0.163 e. The van der Waals surface area contributed by atoms with Crippen molar-refractivity contribution in [3.63, 3.8) is 0 Å². The van der Waals surface area contributed by atoms with Crippen LogP contribution in [0.15, 0.2) is 12.1 Å². The van der Waals surface area contributed by atoms with Crippen LogP contribution >= 0.6 is 0 Å². The van der Waals surface area contributed by atoms with Gasteiger partial charge in [0, 0.05) is 0 Å². The molecule has 2 N–H and O–H groups in total. The minimum Gasteiger partial charge on any atom is -0.491 e. The molecule has 0 bridgehead atoms. The fourth-order valence-electron chi connectivity index (χ4n) is 1.37. The van der Waals surface area contributed by atoms with Crippen LogP contribution in [0, 0.1) is 6.92 Å². The maximum atomic E-state index is 11.3. The van der Waals surface area contributed by atoms with E-state index in [9.17, 15) is 4.79 Å². The third-order valence-corrected chi connectivity index (χ3v) is 1.93. The van der Waals surface area contributed by atoms with Crippen LogP contribution in [0.25, 0.3) is 0 Å². The summed E-state index contributed by atoms with van der Waals surface area (Å²) in [5.41, 5.74) is 7.82. The van der Waals surface area contributed by atoms with Crippen LogP contribution in [-0.4, -0.2) is 12.4 Å². The number of aryl methyl sites for hydroxylation is 1. The summed E-state index contributed by atoms with van der Waals surface area (Å²) in [5, 5.41) is 0. The number of benzene rings is 1. The lowest BCUT2D eigenvalue weighted by Gasteiger charge is -2.11. The average Bonchev–Trinajstić information content (AvgIpc) is 2.09. The molecule has 0 aliphatic carbocycles. The lowest BCUT2D eigenvalue weighted by Crippen LogP contribution is -2.04. The lowest BCUT2D eigenvalue weighted by molar-refractivity contribution is 0.101. The Morgan fingerprint density at radius 2 is 2.14 bits per heavy atom. The van der Waals surface area contributed by atoms with Gasteiger partial charge in [-0.05, 0) is 38.5 Å². The van der Waals surface area contributed by atoms with Crippen molar-refractivity contribution < 1.29 is 9.53 Å². The molecule has 76 valence electrons. The molecule has 0 radical (unpaired) electrons. The van der Waals surface area contributed by atoms with E-state index in [1.165, 1.54) is 6.92 Å². The average molecular weight is 193 g/mol. The number of rotatable bonds is 3. The van der Waals surface area contributed by atoms with E-state index in [2.05, 4.69) is 0 Å². The number of carbonyl (C=O) groups excluding carboxylic acids is 1. The normalized spacial score (nSPS) is 9.93. The van der Waals surface area contributed by atoms with Crippen molar-refractivity contribution in [3.05, 3.63) is 23.3 Å². The monoisotopic (exact) mass is 193 g/mol. The van der Waals surface area contributed by atoms with Crippen LogP contribution in [0.4, 0.5) is 5.69 Å². The Morgan fingerprint density at radius 3 is 2.64 bits per heavy atom. The third kappa shape index (κ3) is 2.05. The van der Waals surface area contributed by atoms with Gasteiger partial charge in [0.05, 0.1) is 17.9 Å². The fourth-order valence-corrected chi connectivity index (χ4v) is 1.37. The summed E-state index contributed by atoms with van der Waals surface area (Å²) >= 11 is 0. The third-order valence-electron chi connectivity index (χ3n) is 1.93. The fraction of sp³-hybridized carbons (Fsp3) is 0.364. The molecule has 0 atom stereocenters. The number of anilines is 1. The van der Waals surface area contributed by atoms with Gasteiger partial charge in [-0.25, -0.2) is 0 Å². The zero-order valence-corrected chi connectivity index (χ0v) is 8.76. The summed E-state index contributed by atoms with van der Waals surface area (Å²) in [7, 11) is 0. The van der Waals surface area contributed by atoms with Crippen LogP contribution in [0.3, 0.4) is 0 Å². The topological polar surface area (TPSA) is 52.3 Å². The summed E-state index contributed by atoms with van der Waals surface area (Å²) in [6.07, 6.45) is 0. The lowest BCUT2D eigenvalue weighted by atomic mass is 10.1. The zero-order valence-electron chi connectivity index (χ0n) is 8.76. The van der Waals surface area contributed by atoms with E-state index < -0.39 is 0 Å². The number of Topliss-reactive ketones (excluding diaryl/α,β-unsaturated/α-hetero) is 1. The number of carbonyl (C=O) groups is 1. The van der Waals surface area contributed by atoms with Crippen molar-refractivity contribution >= 4 is 11.5 Å². The molecule has 1 aromatic rings. The van der Waals surface area contributed by atoms with E-state index in [0.717, 1.165) is 5.56 Å². The quantitative estimate of drug-likeness (QED) is 0.591. The van der Waals surface area contributed by atoms with E-state index in [0.29, 0.717) is 23.6 Å². The van der Waals surface area contributed by atoms with Crippen molar-refractivity contribution in [2.45, 2.75) is 20.8 Å². The second kappa shape index (κ2) is 4.13. The molecule has 0 aromatic heterocycles. The van der Waals surface area contributed by atoms with Gasteiger partial charge >= 0.3 is 0 Å². The summed E-state index contributed by atoms with van der Waals surface area (Å²) in [5.74, 6) is 0.481. The molecule has 0 heterocycles. The first kappa shape index (κ1) is 10.6. The number of ether oxygens (including phenoxy) is 1. The van der Waals surface area contributed by atoms with Crippen LogP contribution < -0.4 is 10.5 Å². The van der Waals surface area contributed by atoms with Gasteiger partial charge in [-0.3, -0.25) is 4.79 Å². The van der Waals surface area contributed by atoms with Gasteiger partial charge in [0.2, 0.25) is 0 Å². The van der Waals surface area contributed by atoms with Crippen molar-refractivity contribution in [1.29, 1.82) is 0 Å². The summed E-state index contributed by atoms with van der Waals surface area (Å²) in [4.78, 5) is 11.3. The molecule has 14 heavy (non-hydrogen) atoms. The Morgan fingerprint density at radius 1 is 1.50 bits per heavy atom. The van der Waals surface area contributed by atoms with Crippen LogP contribution in [0.1, 0.15) is 29.8 Å². The minimum atomic E-state index is -0.0242. The highest BCUT2D eigenvalue weighted by Crippen LogP contribution is 2.28. The Bertz CT molecular complexity index is 359. The molecule has 3 heteroatoms. The first-order valence-corrected chi connectivity index (χ1v) is 4.60. The highest BCUT2D eigenvalue weighted by molar-refractivity contribution is 5.98. The van der Waals surface area contributed by atoms with E-state index in [4.69, 9.17) is 10.5 Å². The first-order valence-electron chi connectivity index (χ1n) is 4.60. The van der Waals surface area contributed by atoms with Gasteiger partial charge in [0.1, 0.15) is 0 Å². The maximum Gasteiger partial charge on any atom is 0.163 e.